The van der Waals surface area contributed by atoms with Crippen molar-refractivity contribution in [2.45, 2.75) is 13.3 Å². The van der Waals surface area contributed by atoms with E-state index in [9.17, 15) is 4.79 Å². The number of carbonyl (C=O) groups is 1. The fraction of sp³-hybridized carbons (Fsp3) is 0.222. The second-order valence-corrected chi connectivity index (χ2v) is 2.48. The van der Waals surface area contributed by atoms with Crippen molar-refractivity contribution >= 4 is 6.29 Å². The number of rotatable bonds is 2. The van der Waals surface area contributed by atoms with Gasteiger partial charge in [0.1, 0.15) is 12.0 Å². The van der Waals surface area contributed by atoms with Crippen LogP contribution >= 0.6 is 0 Å². The van der Waals surface area contributed by atoms with Crippen LogP contribution in [0.3, 0.4) is 0 Å². The smallest absolute Gasteiger partial charge is 0.124 e. The maximum absolute atomic E-state index is 10.1. The van der Waals surface area contributed by atoms with Crippen LogP contribution < -0.4 is 0 Å². The Morgan fingerprint density at radius 2 is 2.27 bits per heavy atom. The Labute approximate surface area is 65.5 Å². The van der Waals surface area contributed by atoms with Gasteiger partial charge in [-0.2, -0.15) is 0 Å². The first-order valence-electron chi connectivity index (χ1n) is 3.46. The standard InChI is InChI=1S/C9H10O2/c1-7-6-9(11)3-2-8(7)4-5-10/h2-3,5-6,11H,4H2,1H3. The van der Waals surface area contributed by atoms with Crippen molar-refractivity contribution in [2.24, 2.45) is 0 Å². The molecule has 0 saturated heterocycles. The molecule has 0 unspecified atom stereocenters. The quantitative estimate of drug-likeness (QED) is 0.648. The van der Waals surface area contributed by atoms with E-state index < -0.39 is 0 Å². The summed E-state index contributed by atoms with van der Waals surface area (Å²) in [7, 11) is 0. The van der Waals surface area contributed by atoms with Gasteiger partial charge in [-0.1, -0.05) is 6.07 Å². The van der Waals surface area contributed by atoms with Gasteiger partial charge in [0.2, 0.25) is 0 Å². The Hall–Kier alpha value is -1.31. The van der Waals surface area contributed by atoms with Gasteiger partial charge in [0.05, 0.1) is 0 Å². The molecule has 1 N–H and O–H groups in total. The number of hydrogen-bond donors (Lipinski definition) is 1. The minimum Gasteiger partial charge on any atom is -0.508 e. The normalized spacial score (nSPS) is 9.55. The van der Waals surface area contributed by atoms with Crippen molar-refractivity contribution in [1.29, 1.82) is 0 Å². The second kappa shape index (κ2) is 3.19. The number of carbonyl (C=O) groups excluding carboxylic acids is 1. The summed E-state index contributed by atoms with van der Waals surface area (Å²) in [6.45, 7) is 1.87. The molecule has 0 radical (unpaired) electrons. The summed E-state index contributed by atoms with van der Waals surface area (Å²) in [5, 5.41) is 9.02. The molecule has 0 atom stereocenters. The average Bonchev–Trinajstić information content (AvgIpc) is 1.95. The van der Waals surface area contributed by atoms with Crippen molar-refractivity contribution in [3.05, 3.63) is 29.3 Å². The van der Waals surface area contributed by atoms with E-state index in [0.717, 1.165) is 17.4 Å². The van der Waals surface area contributed by atoms with Crippen LogP contribution in [0.1, 0.15) is 11.1 Å². The molecule has 1 aromatic rings. The number of phenols is 1. The zero-order chi connectivity index (χ0) is 8.27. The summed E-state index contributed by atoms with van der Waals surface area (Å²) >= 11 is 0. The zero-order valence-corrected chi connectivity index (χ0v) is 6.37. The van der Waals surface area contributed by atoms with E-state index in [1.807, 2.05) is 6.92 Å². The lowest BCUT2D eigenvalue weighted by Crippen LogP contribution is -1.88. The molecule has 11 heavy (non-hydrogen) atoms. The second-order valence-electron chi connectivity index (χ2n) is 2.48. The first-order chi connectivity index (χ1) is 5.24. The topological polar surface area (TPSA) is 37.3 Å². The minimum absolute atomic E-state index is 0.247. The van der Waals surface area contributed by atoms with Gasteiger partial charge in [-0.25, -0.2) is 0 Å². The van der Waals surface area contributed by atoms with E-state index in [0.29, 0.717) is 6.42 Å². The van der Waals surface area contributed by atoms with E-state index in [4.69, 9.17) is 5.11 Å². The van der Waals surface area contributed by atoms with Crippen LogP contribution in [0.15, 0.2) is 18.2 Å². The van der Waals surface area contributed by atoms with Gasteiger partial charge in [0.15, 0.2) is 0 Å². The predicted octanol–water partition coefficient (Wildman–Crippen LogP) is 1.44. The molecule has 0 amide bonds. The Kier molecular flexibility index (Phi) is 2.26. The van der Waals surface area contributed by atoms with Gasteiger partial charge in [-0.05, 0) is 30.2 Å². The molecule has 0 saturated carbocycles. The summed E-state index contributed by atoms with van der Waals surface area (Å²) in [6, 6.07) is 5.00. The molecule has 0 fully saturated rings. The third-order valence-electron chi connectivity index (χ3n) is 1.63. The monoisotopic (exact) mass is 150 g/mol. The summed E-state index contributed by atoms with van der Waals surface area (Å²) in [5.74, 6) is 0.247. The molecule has 0 aliphatic carbocycles. The van der Waals surface area contributed by atoms with Gasteiger partial charge in [-0.3, -0.25) is 0 Å². The van der Waals surface area contributed by atoms with E-state index in [-0.39, 0.29) is 5.75 Å². The fourth-order valence-electron chi connectivity index (χ4n) is 0.999. The summed E-state index contributed by atoms with van der Waals surface area (Å²) in [4.78, 5) is 10.1. The van der Waals surface area contributed by atoms with E-state index in [1.54, 1.807) is 18.2 Å². The Balaban J connectivity index is 2.98. The van der Waals surface area contributed by atoms with Crippen molar-refractivity contribution in [1.82, 2.24) is 0 Å². The van der Waals surface area contributed by atoms with Crippen molar-refractivity contribution in [3.8, 4) is 5.75 Å². The minimum atomic E-state index is 0.247. The molecule has 1 rings (SSSR count). The zero-order valence-electron chi connectivity index (χ0n) is 6.37. The molecule has 0 aromatic heterocycles. The van der Waals surface area contributed by atoms with Gasteiger partial charge in [0, 0.05) is 6.42 Å². The molecular formula is C9H10O2. The van der Waals surface area contributed by atoms with Crippen LogP contribution in [-0.2, 0) is 11.2 Å². The number of benzene rings is 1. The van der Waals surface area contributed by atoms with E-state index in [1.165, 1.54) is 0 Å². The largest absolute Gasteiger partial charge is 0.508 e. The summed E-state index contributed by atoms with van der Waals surface area (Å²) < 4.78 is 0. The lowest BCUT2D eigenvalue weighted by molar-refractivity contribution is -0.107. The Morgan fingerprint density at radius 3 is 2.82 bits per heavy atom. The molecule has 0 heterocycles. The Morgan fingerprint density at radius 1 is 1.55 bits per heavy atom. The van der Waals surface area contributed by atoms with Crippen LogP contribution in [0, 0.1) is 6.92 Å². The van der Waals surface area contributed by atoms with Gasteiger partial charge < -0.3 is 9.90 Å². The molecule has 0 aliphatic heterocycles. The third kappa shape index (κ3) is 1.80. The lowest BCUT2D eigenvalue weighted by atomic mass is 10.1. The molecule has 1 aromatic carbocycles. The first kappa shape index (κ1) is 7.79. The van der Waals surface area contributed by atoms with Crippen LogP contribution in [0.2, 0.25) is 0 Å². The third-order valence-corrected chi connectivity index (χ3v) is 1.63. The SMILES string of the molecule is Cc1cc(O)ccc1CC=O. The highest BCUT2D eigenvalue weighted by molar-refractivity contribution is 5.56. The van der Waals surface area contributed by atoms with Gasteiger partial charge >= 0.3 is 0 Å². The summed E-state index contributed by atoms with van der Waals surface area (Å²) in [5.41, 5.74) is 1.93. The lowest BCUT2D eigenvalue weighted by Gasteiger charge is -2.00. The van der Waals surface area contributed by atoms with Crippen molar-refractivity contribution in [2.75, 3.05) is 0 Å². The summed E-state index contributed by atoms with van der Waals surface area (Å²) in [6.07, 6.45) is 1.28. The molecule has 2 nitrogen and oxygen atoms in total. The number of aryl methyl sites for hydroxylation is 1. The van der Waals surface area contributed by atoms with E-state index >= 15 is 0 Å². The average molecular weight is 150 g/mol. The van der Waals surface area contributed by atoms with Crippen LogP contribution in [0.5, 0.6) is 5.75 Å². The first-order valence-corrected chi connectivity index (χ1v) is 3.46. The highest BCUT2D eigenvalue weighted by atomic mass is 16.3. The maximum atomic E-state index is 10.1. The van der Waals surface area contributed by atoms with Crippen LogP contribution in [0.4, 0.5) is 0 Å². The number of phenolic OH excluding ortho intramolecular Hbond substituents is 1. The van der Waals surface area contributed by atoms with Crippen molar-refractivity contribution < 1.29 is 9.90 Å². The highest BCUT2D eigenvalue weighted by Gasteiger charge is 1.97. The molecule has 2 heteroatoms. The van der Waals surface area contributed by atoms with Gasteiger partial charge in [-0.15, -0.1) is 0 Å². The Bertz CT molecular complexity index is 266. The molecule has 0 aliphatic rings. The van der Waals surface area contributed by atoms with Crippen molar-refractivity contribution in [3.63, 3.8) is 0 Å². The van der Waals surface area contributed by atoms with Gasteiger partial charge in [0.25, 0.3) is 0 Å². The number of hydrogen-bond acceptors (Lipinski definition) is 2. The molecule has 0 spiro atoms. The van der Waals surface area contributed by atoms with Crippen LogP contribution in [-0.4, -0.2) is 11.4 Å². The molecular weight excluding hydrogens is 140 g/mol. The number of aldehydes is 1. The highest BCUT2D eigenvalue weighted by Crippen LogP contribution is 2.15. The number of aromatic hydroxyl groups is 1. The predicted molar refractivity (Wildman–Crippen MR) is 42.6 cm³/mol. The van der Waals surface area contributed by atoms with E-state index in [2.05, 4.69) is 0 Å². The fourth-order valence-corrected chi connectivity index (χ4v) is 0.999. The molecule has 0 bridgehead atoms. The van der Waals surface area contributed by atoms with Crippen LogP contribution in [0.25, 0.3) is 0 Å². The molecule has 58 valence electrons. The maximum Gasteiger partial charge on any atom is 0.124 e.